The molecule has 7 nitrogen and oxygen atoms in total. The zero-order chi connectivity index (χ0) is 24.1. The number of nitro benzene ring substituents is 1. The van der Waals surface area contributed by atoms with Crippen LogP contribution in [0.25, 0.3) is 0 Å². The quantitative estimate of drug-likeness (QED) is 0.417. The Bertz CT molecular complexity index is 1000. The first-order valence-electron chi connectivity index (χ1n) is 10.2. The molecule has 0 heterocycles. The minimum absolute atomic E-state index is 0.104. The number of halogens is 2. The van der Waals surface area contributed by atoms with Gasteiger partial charge in [-0.15, -0.1) is 0 Å². The molecule has 1 N–H and O–H groups in total. The van der Waals surface area contributed by atoms with Crippen molar-refractivity contribution in [3.05, 3.63) is 73.8 Å². The van der Waals surface area contributed by atoms with Gasteiger partial charge in [-0.05, 0) is 44.9 Å². The average Bonchev–Trinajstić information content (AvgIpc) is 2.69. The number of nitro groups is 1. The van der Waals surface area contributed by atoms with E-state index in [-0.39, 0.29) is 30.1 Å². The second-order valence-corrected chi connectivity index (χ2v) is 9.31. The van der Waals surface area contributed by atoms with Gasteiger partial charge in [0.15, 0.2) is 0 Å². The van der Waals surface area contributed by atoms with Crippen LogP contribution in [0.5, 0.6) is 0 Å². The monoisotopic (exact) mass is 479 g/mol. The standard InChI is InChI=1S/C23H27Cl2N3O4/c1-5-19(22(30)26-23(2,3)4)27(14-15-10-11-17(24)18(25)12-15)21(29)13-16-8-6-7-9-20(16)28(31)32/h6-12,19H,5,13-14H2,1-4H3,(H,26,30)/t19-/m1/s1. The number of nitrogens with one attached hydrogen (secondary N) is 1. The molecule has 0 radical (unpaired) electrons. The van der Waals surface area contributed by atoms with Crippen LogP contribution in [0.15, 0.2) is 42.5 Å². The van der Waals surface area contributed by atoms with E-state index in [4.69, 9.17) is 23.2 Å². The van der Waals surface area contributed by atoms with E-state index in [1.807, 2.05) is 27.7 Å². The van der Waals surface area contributed by atoms with Crippen LogP contribution in [0.4, 0.5) is 5.69 Å². The van der Waals surface area contributed by atoms with Gasteiger partial charge in [0.05, 0.1) is 21.4 Å². The van der Waals surface area contributed by atoms with Crippen molar-refractivity contribution in [1.82, 2.24) is 10.2 Å². The molecule has 172 valence electrons. The van der Waals surface area contributed by atoms with E-state index in [1.54, 1.807) is 36.4 Å². The molecule has 0 saturated carbocycles. The minimum Gasteiger partial charge on any atom is -0.350 e. The van der Waals surface area contributed by atoms with Crippen molar-refractivity contribution in [3.8, 4) is 0 Å². The first-order valence-corrected chi connectivity index (χ1v) is 11.0. The zero-order valence-electron chi connectivity index (χ0n) is 18.5. The summed E-state index contributed by atoms with van der Waals surface area (Å²) in [7, 11) is 0. The van der Waals surface area contributed by atoms with Gasteiger partial charge in [0, 0.05) is 23.7 Å². The van der Waals surface area contributed by atoms with Crippen LogP contribution in [0.3, 0.4) is 0 Å². The number of amides is 2. The van der Waals surface area contributed by atoms with Crippen LogP contribution in [-0.4, -0.2) is 33.2 Å². The van der Waals surface area contributed by atoms with Gasteiger partial charge in [0.25, 0.3) is 5.69 Å². The number of carbonyl (C=O) groups excluding carboxylic acids is 2. The molecule has 0 spiro atoms. The van der Waals surface area contributed by atoms with E-state index in [2.05, 4.69) is 5.32 Å². The summed E-state index contributed by atoms with van der Waals surface area (Å²) < 4.78 is 0. The lowest BCUT2D eigenvalue weighted by Crippen LogP contribution is -2.53. The highest BCUT2D eigenvalue weighted by atomic mass is 35.5. The van der Waals surface area contributed by atoms with E-state index in [0.717, 1.165) is 0 Å². The number of rotatable bonds is 8. The van der Waals surface area contributed by atoms with E-state index < -0.39 is 22.4 Å². The molecule has 0 aromatic heterocycles. The van der Waals surface area contributed by atoms with Crippen molar-refractivity contribution < 1.29 is 14.5 Å². The van der Waals surface area contributed by atoms with Gasteiger partial charge in [0.1, 0.15) is 6.04 Å². The van der Waals surface area contributed by atoms with E-state index >= 15 is 0 Å². The zero-order valence-corrected chi connectivity index (χ0v) is 20.0. The second kappa shape index (κ2) is 10.8. The maximum absolute atomic E-state index is 13.4. The Balaban J connectivity index is 2.41. The Hall–Kier alpha value is -2.64. The molecule has 1 atom stereocenters. The van der Waals surface area contributed by atoms with Gasteiger partial charge in [-0.3, -0.25) is 19.7 Å². The number of para-hydroxylation sites is 1. The Morgan fingerprint density at radius 3 is 2.34 bits per heavy atom. The summed E-state index contributed by atoms with van der Waals surface area (Å²) in [5.41, 5.74) is 0.355. The molecule has 2 amide bonds. The summed E-state index contributed by atoms with van der Waals surface area (Å²) in [6, 6.07) is 10.3. The van der Waals surface area contributed by atoms with Gasteiger partial charge in [-0.1, -0.05) is 54.4 Å². The van der Waals surface area contributed by atoms with Crippen molar-refractivity contribution >= 4 is 40.7 Å². The lowest BCUT2D eigenvalue weighted by Gasteiger charge is -2.33. The highest BCUT2D eigenvalue weighted by molar-refractivity contribution is 6.42. The number of carbonyl (C=O) groups is 2. The molecular weight excluding hydrogens is 453 g/mol. The first kappa shape index (κ1) is 25.6. The lowest BCUT2D eigenvalue weighted by atomic mass is 10.0. The second-order valence-electron chi connectivity index (χ2n) is 8.50. The van der Waals surface area contributed by atoms with Crippen LogP contribution in [0, 0.1) is 10.1 Å². The fourth-order valence-corrected chi connectivity index (χ4v) is 3.63. The molecule has 0 aliphatic heterocycles. The summed E-state index contributed by atoms with van der Waals surface area (Å²) in [6.45, 7) is 7.49. The normalized spacial score (nSPS) is 12.2. The van der Waals surface area contributed by atoms with Crippen molar-refractivity contribution in [2.24, 2.45) is 0 Å². The lowest BCUT2D eigenvalue weighted by molar-refractivity contribution is -0.385. The topological polar surface area (TPSA) is 92.6 Å². The van der Waals surface area contributed by atoms with Gasteiger partial charge in [0.2, 0.25) is 11.8 Å². The molecule has 32 heavy (non-hydrogen) atoms. The third-order valence-electron chi connectivity index (χ3n) is 4.75. The Labute approximate surface area is 197 Å². The van der Waals surface area contributed by atoms with Crippen molar-refractivity contribution in [3.63, 3.8) is 0 Å². The molecule has 0 fully saturated rings. The number of nitrogens with zero attached hydrogens (tertiary/aromatic N) is 2. The summed E-state index contributed by atoms with van der Waals surface area (Å²) in [5.74, 6) is -0.697. The summed E-state index contributed by atoms with van der Waals surface area (Å²) in [5, 5.41) is 15.0. The van der Waals surface area contributed by atoms with E-state index in [0.29, 0.717) is 22.0 Å². The van der Waals surface area contributed by atoms with Crippen LogP contribution in [-0.2, 0) is 22.6 Å². The third-order valence-corrected chi connectivity index (χ3v) is 5.49. The van der Waals surface area contributed by atoms with Crippen LogP contribution >= 0.6 is 23.2 Å². The van der Waals surface area contributed by atoms with Gasteiger partial charge >= 0.3 is 0 Å². The van der Waals surface area contributed by atoms with Crippen LogP contribution in [0.2, 0.25) is 10.0 Å². The molecule has 9 heteroatoms. The molecule has 2 aromatic carbocycles. The molecule has 0 saturated heterocycles. The predicted molar refractivity (Wildman–Crippen MR) is 126 cm³/mol. The molecule has 2 aromatic rings. The fraction of sp³-hybridized carbons (Fsp3) is 0.391. The van der Waals surface area contributed by atoms with E-state index in [1.165, 1.54) is 11.0 Å². The number of hydrogen-bond donors (Lipinski definition) is 1. The van der Waals surface area contributed by atoms with Crippen molar-refractivity contribution in [2.75, 3.05) is 0 Å². The highest BCUT2D eigenvalue weighted by Crippen LogP contribution is 2.25. The smallest absolute Gasteiger partial charge is 0.273 e. The molecule has 0 aliphatic rings. The third kappa shape index (κ3) is 6.93. The molecule has 0 aliphatic carbocycles. The summed E-state index contributed by atoms with van der Waals surface area (Å²) in [6.07, 6.45) is 0.156. The Kier molecular flexibility index (Phi) is 8.64. The first-order chi connectivity index (χ1) is 14.9. The van der Waals surface area contributed by atoms with Gasteiger partial charge in [-0.25, -0.2) is 0 Å². The maximum Gasteiger partial charge on any atom is 0.273 e. The fourth-order valence-electron chi connectivity index (χ4n) is 3.31. The number of benzene rings is 2. The van der Waals surface area contributed by atoms with Crippen LogP contribution in [0.1, 0.15) is 45.2 Å². The van der Waals surface area contributed by atoms with Crippen molar-refractivity contribution in [1.29, 1.82) is 0 Å². The SMILES string of the molecule is CC[C@H](C(=O)NC(C)(C)C)N(Cc1ccc(Cl)c(Cl)c1)C(=O)Cc1ccccc1[N+](=O)[O-]. The number of hydrogen-bond acceptors (Lipinski definition) is 4. The van der Waals surface area contributed by atoms with Crippen LogP contribution < -0.4 is 5.32 Å². The van der Waals surface area contributed by atoms with Gasteiger partial charge < -0.3 is 10.2 Å². The Morgan fingerprint density at radius 1 is 1.12 bits per heavy atom. The highest BCUT2D eigenvalue weighted by Gasteiger charge is 2.31. The summed E-state index contributed by atoms with van der Waals surface area (Å²) >= 11 is 12.1. The molecule has 2 rings (SSSR count). The predicted octanol–water partition coefficient (Wildman–Crippen LogP) is 5.17. The molecule has 0 bridgehead atoms. The average molecular weight is 480 g/mol. The van der Waals surface area contributed by atoms with Crippen molar-refractivity contribution in [2.45, 2.75) is 58.7 Å². The largest absolute Gasteiger partial charge is 0.350 e. The van der Waals surface area contributed by atoms with E-state index in [9.17, 15) is 19.7 Å². The minimum atomic E-state index is -0.765. The van der Waals surface area contributed by atoms with Gasteiger partial charge in [-0.2, -0.15) is 0 Å². The molecular formula is C23H27Cl2N3O4. The maximum atomic E-state index is 13.4. The summed E-state index contributed by atoms with van der Waals surface area (Å²) in [4.78, 5) is 38.7. The molecule has 0 unspecified atom stereocenters. The Morgan fingerprint density at radius 2 is 1.78 bits per heavy atom.